The Morgan fingerprint density at radius 1 is 1.16 bits per heavy atom. The van der Waals surface area contributed by atoms with Crippen LogP contribution in [0.4, 0.5) is 0 Å². The number of aryl methyl sites for hydroxylation is 2. The van der Waals surface area contributed by atoms with E-state index in [4.69, 9.17) is 14.4 Å². The summed E-state index contributed by atoms with van der Waals surface area (Å²) >= 11 is 0. The first-order valence-corrected chi connectivity index (χ1v) is 10.0. The molecule has 4 rings (SSSR count). The molecule has 8 heteroatoms. The molecule has 1 N–H and O–H groups in total. The Bertz CT molecular complexity index is 1170. The molecule has 0 aliphatic heterocycles. The van der Waals surface area contributed by atoms with Crippen LogP contribution in [0, 0.1) is 6.92 Å². The van der Waals surface area contributed by atoms with Crippen molar-refractivity contribution in [2.24, 2.45) is 0 Å². The van der Waals surface area contributed by atoms with Crippen LogP contribution in [-0.2, 0) is 6.42 Å². The fraction of sp³-hybridized carbons (Fsp3) is 0.217. The fourth-order valence-corrected chi connectivity index (χ4v) is 3.22. The molecule has 31 heavy (non-hydrogen) atoms. The molecule has 158 valence electrons. The molecule has 0 saturated carbocycles. The van der Waals surface area contributed by atoms with E-state index in [1.165, 1.54) is 0 Å². The van der Waals surface area contributed by atoms with E-state index in [0.717, 1.165) is 11.3 Å². The molecule has 0 fully saturated rings. The number of rotatable bonds is 8. The number of carbonyl (C=O) groups excluding carboxylic acids is 1. The van der Waals surface area contributed by atoms with Gasteiger partial charge in [0.1, 0.15) is 11.4 Å². The second kappa shape index (κ2) is 9.25. The van der Waals surface area contributed by atoms with Crippen LogP contribution in [0.25, 0.3) is 16.9 Å². The molecular formula is C23H23N5O3. The minimum absolute atomic E-state index is 0.193. The number of hydrogen-bond donors (Lipinski definition) is 1. The van der Waals surface area contributed by atoms with Crippen molar-refractivity contribution >= 4 is 5.91 Å². The van der Waals surface area contributed by atoms with E-state index in [-0.39, 0.29) is 5.91 Å². The minimum Gasteiger partial charge on any atom is -0.497 e. The summed E-state index contributed by atoms with van der Waals surface area (Å²) in [4.78, 5) is 17.2. The topological polar surface area (TPSA) is 95.1 Å². The van der Waals surface area contributed by atoms with E-state index in [2.05, 4.69) is 15.5 Å². The maximum absolute atomic E-state index is 13.0. The average Bonchev–Trinajstić information content (AvgIpc) is 3.44. The lowest BCUT2D eigenvalue weighted by molar-refractivity contribution is 0.0953. The molecular weight excluding hydrogens is 394 g/mol. The first-order chi connectivity index (χ1) is 15.1. The van der Waals surface area contributed by atoms with Crippen LogP contribution in [-0.4, -0.2) is 39.5 Å². The van der Waals surface area contributed by atoms with Crippen molar-refractivity contribution < 1.29 is 14.1 Å². The Hall–Kier alpha value is -3.94. The molecule has 8 nitrogen and oxygen atoms in total. The lowest BCUT2D eigenvalue weighted by Gasteiger charge is -2.06. The van der Waals surface area contributed by atoms with Crippen LogP contribution in [0.2, 0.25) is 0 Å². The van der Waals surface area contributed by atoms with Crippen LogP contribution in [0.15, 0.2) is 65.3 Å². The molecule has 2 aromatic heterocycles. The maximum Gasteiger partial charge on any atom is 0.255 e. The number of hydrogen-bond acceptors (Lipinski definition) is 6. The van der Waals surface area contributed by atoms with E-state index in [9.17, 15) is 4.79 Å². The number of carbonyl (C=O) groups is 1. The predicted molar refractivity (Wildman–Crippen MR) is 115 cm³/mol. The Balaban J connectivity index is 1.55. The van der Waals surface area contributed by atoms with Gasteiger partial charge in [-0.1, -0.05) is 35.5 Å². The number of benzene rings is 2. The highest BCUT2D eigenvalue weighted by Crippen LogP contribution is 2.27. The first kappa shape index (κ1) is 20.3. The smallest absolute Gasteiger partial charge is 0.255 e. The summed E-state index contributed by atoms with van der Waals surface area (Å²) in [5.74, 6) is 1.69. The van der Waals surface area contributed by atoms with E-state index >= 15 is 0 Å². The molecule has 0 atom stereocenters. The van der Waals surface area contributed by atoms with Gasteiger partial charge in [-0.15, -0.1) is 0 Å². The molecule has 1 amide bonds. The summed E-state index contributed by atoms with van der Waals surface area (Å²) in [5, 5.41) is 11.4. The summed E-state index contributed by atoms with van der Waals surface area (Å²) in [6.07, 6.45) is 3.04. The number of methoxy groups -OCH3 is 1. The number of nitrogens with one attached hydrogen (secondary N) is 1. The normalized spacial score (nSPS) is 10.8. The molecule has 0 bridgehead atoms. The average molecular weight is 417 g/mol. The van der Waals surface area contributed by atoms with E-state index in [1.807, 2.05) is 54.6 Å². The quantitative estimate of drug-likeness (QED) is 0.440. The highest BCUT2D eigenvalue weighted by Gasteiger charge is 2.19. The maximum atomic E-state index is 13.0. The molecule has 0 saturated heterocycles. The number of aromatic nitrogens is 4. The Kier molecular flexibility index (Phi) is 6.07. The Labute approximate surface area is 179 Å². The molecule has 0 aliphatic rings. The molecule has 4 aromatic rings. The fourth-order valence-electron chi connectivity index (χ4n) is 3.22. The van der Waals surface area contributed by atoms with Gasteiger partial charge in [0, 0.05) is 24.7 Å². The highest BCUT2D eigenvalue weighted by molar-refractivity contribution is 6.00. The second-order valence-electron chi connectivity index (χ2n) is 7.00. The summed E-state index contributed by atoms with van der Waals surface area (Å²) < 4.78 is 12.2. The van der Waals surface area contributed by atoms with Gasteiger partial charge in [-0.25, -0.2) is 4.68 Å². The number of nitrogens with zero attached hydrogens (tertiary/aromatic N) is 4. The van der Waals surface area contributed by atoms with Crippen molar-refractivity contribution in [2.45, 2.75) is 19.8 Å². The highest BCUT2D eigenvalue weighted by atomic mass is 16.5. The molecule has 0 spiro atoms. The lowest BCUT2D eigenvalue weighted by Crippen LogP contribution is -2.25. The van der Waals surface area contributed by atoms with Gasteiger partial charge in [-0.05, 0) is 37.6 Å². The molecule has 0 unspecified atom stereocenters. The van der Waals surface area contributed by atoms with Crippen LogP contribution in [0.3, 0.4) is 0 Å². The van der Waals surface area contributed by atoms with Crippen LogP contribution < -0.4 is 10.1 Å². The zero-order valence-electron chi connectivity index (χ0n) is 17.4. The largest absolute Gasteiger partial charge is 0.497 e. The standard InChI is InChI=1S/C23H23N5O3/c1-16-25-21(31-27-16)12-7-13-24-23(29)20-15-28(18-9-4-3-5-10-18)26-22(20)17-8-6-11-19(14-17)30-2/h3-6,8-11,14-15H,7,12-13H2,1-2H3,(H,24,29). The van der Waals surface area contributed by atoms with E-state index in [1.54, 1.807) is 24.9 Å². The predicted octanol–water partition coefficient (Wildman–Crippen LogP) is 3.60. The lowest BCUT2D eigenvalue weighted by atomic mass is 10.1. The van der Waals surface area contributed by atoms with E-state index in [0.29, 0.717) is 48.1 Å². The third-order valence-electron chi connectivity index (χ3n) is 4.75. The number of para-hydroxylation sites is 1. The van der Waals surface area contributed by atoms with E-state index < -0.39 is 0 Å². The SMILES string of the molecule is COc1cccc(-c2nn(-c3ccccc3)cc2C(=O)NCCCc2nc(C)no2)c1. The Morgan fingerprint density at radius 3 is 2.74 bits per heavy atom. The van der Waals surface area contributed by atoms with Crippen molar-refractivity contribution in [2.75, 3.05) is 13.7 Å². The van der Waals surface area contributed by atoms with Gasteiger partial charge in [-0.3, -0.25) is 4.79 Å². The van der Waals surface area contributed by atoms with Crippen molar-refractivity contribution in [1.29, 1.82) is 0 Å². The molecule has 0 aliphatic carbocycles. The van der Waals surface area contributed by atoms with Crippen LogP contribution in [0.1, 0.15) is 28.5 Å². The summed E-state index contributed by atoms with van der Waals surface area (Å²) in [5.41, 5.74) is 2.76. The summed E-state index contributed by atoms with van der Waals surface area (Å²) in [6.45, 7) is 2.26. The van der Waals surface area contributed by atoms with Crippen molar-refractivity contribution in [3.05, 3.63) is 78.1 Å². The minimum atomic E-state index is -0.193. The molecule has 2 aromatic carbocycles. The molecule has 0 radical (unpaired) electrons. The zero-order chi connectivity index (χ0) is 21.6. The summed E-state index contributed by atoms with van der Waals surface area (Å²) in [6, 6.07) is 17.2. The van der Waals surface area contributed by atoms with Crippen molar-refractivity contribution in [1.82, 2.24) is 25.2 Å². The van der Waals surface area contributed by atoms with Gasteiger partial charge in [0.15, 0.2) is 5.82 Å². The van der Waals surface area contributed by atoms with Gasteiger partial charge in [0.05, 0.1) is 18.4 Å². The monoisotopic (exact) mass is 417 g/mol. The van der Waals surface area contributed by atoms with Gasteiger partial charge in [-0.2, -0.15) is 10.1 Å². The Morgan fingerprint density at radius 2 is 2.00 bits per heavy atom. The second-order valence-corrected chi connectivity index (χ2v) is 7.00. The van der Waals surface area contributed by atoms with Crippen molar-refractivity contribution in [3.63, 3.8) is 0 Å². The van der Waals surface area contributed by atoms with Crippen LogP contribution in [0.5, 0.6) is 5.75 Å². The molecule has 2 heterocycles. The number of amides is 1. The van der Waals surface area contributed by atoms with Crippen LogP contribution >= 0.6 is 0 Å². The van der Waals surface area contributed by atoms with Gasteiger partial charge < -0.3 is 14.6 Å². The first-order valence-electron chi connectivity index (χ1n) is 10.0. The van der Waals surface area contributed by atoms with Crippen molar-refractivity contribution in [3.8, 4) is 22.7 Å². The third-order valence-corrected chi connectivity index (χ3v) is 4.75. The zero-order valence-corrected chi connectivity index (χ0v) is 17.4. The third kappa shape index (κ3) is 4.80. The van der Waals surface area contributed by atoms with Gasteiger partial charge >= 0.3 is 0 Å². The summed E-state index contributed by atoms with van der Waals surface area (Å²) in [7, 11) is 1.61. The van der Waals surface area contributed by atoms with Gasteiger partial charge in [0.2, 0.25) is 5.89 Å². The van der Waals surface area contributed by atoms with Gasteiger partial charge in [0.25, 0.3) is 5.91 Å². The number of ether oxygens (including phenoxy) is 1.